The second-order valence-electron chi connectivity index (χ2n) is 7.44. The largest absolute Gasteiger partial charge is 0.465 e. The number of amides is 1. The van der Waals surface area contributed by atoms with E-state index in [0.29, 0.717) is 22.2 Å². The van der Waals surface area contributed by atoms with Crippen LogP contribution in [-0.4, -0.2) is 38.3 Å². The van der Waals surface area contributed by atoms with Crippen molar-refractivity contribution < 1.29 is 14.3 Å². The van der Waals surface area contributed by atoms with E-state index >= 15 is 0 Å². The van der Waals surface area contributed by atoms with Crippen molar-refractivity contribution in [3.8, 4) is 11.4 Å². The number of aromatic nitrogens is 4. The van der Waals surface area contributed by atoms with Crippen LogP contribution in [0, 0.1) is 0 Å². The number of aromatic amines is 1. The lowest BCUT2D eigenvalue weighted by molar-refractivity contribution is -0.141. The van der Waals surface area contributed by atoms with E-state index in [9.17, 15) is 9.59 Å². The first-order valence-electron chi connectivity index (χ1n) is 8.83. The first-order valence-corrected chi connectivity index (χ1v) is 9.21. The van der Waals surface area contributed by atoms with Crippen molar-refractivity contribution in [2.75, 3.05) is 11.9 Å². The van der Waals surface area contributed by atoms with Crippen molar-refractivity contribution in [2.24, 2.45) is 0 Å². The van der Waals surface area contributed by atoms with Crippen molar-refractivity contribution in [1.82, 2.24) is 19.8 Å². The van der Waals surface area contributed by atoms with E-state index in [4.69, 9.17) is 16.3 Å². The molecule has 3 rings (SSSR count). The number of ether oxygens (including phenoxy) is 1. The Bertz CT molecular complexity index is 1030. The molecule has 1 aromatic carbocycles. The van der Waals surface area contributed by atoms with Crippen molar-refractivity contribution in [1.29, 1.82) is 0 Å². The van der Waals surface area contributed by atoms with Gasteiger partial charge in [-0.25, -0.2) is 4.98 Å². The van der Waals surface area contributed by atoms with Crippen LogP contribution in [-0.2, 0) is 19.7 Å². The lowest BCUT2D eigenvalue weighted by Crippen LogP contribution is -2.15. The number of esters is 1. The number of anilines is 1. The van der Waals surface area contributed by atoms with Crippen molar-refractivity contribution >= 4 is 34.8 Å². The summed E-state index contributed by atoms with van der Waals surface area (Å²) >= 11 is 6.47. The molecule has 9 heteroatoms. The highest BCUT2D eigenvalue weighted by Crippen LogP contribution is 2.32. The standard InChI is InChI=1S/C19H22ClN5O3/c1-11(26)28-9-8-14(27)21-13-7-5-6-12(10-13)17-22-18-15(20)16(19(2,3)4)23-25(18)24-17/h5-7,10,23H,8-9H2,1-4H3,(H,21,27). The van der Waals surface area contributed by atoms with Gasteiger partial charge in [-0.1, -0.05) is 44.5 Å². The number of hydrogen-bond donors (Lipinski definition) is 2. The number of H-pyrrole nitrogens is 1. The van der Waals surface area contributed by atoms with Crippen LogP contribution in [0.4, 0.5) is 5.69 Å². The molecule has 0 saturated heterocycles. The molecule has 0 atom stereocenters. The van der Waals surface area contributed by atoms with Gasteiger partial charge in [0.1, 0.15) is 11.6 Å². The zero-order valence-electron chi connectivity index (χ0n) is 16.2. The Kier molecular flexibility index (Phi) is 5.42. The molecule has 0 unspecified atom stereocenters. The van der Waals surface area contributed by atoms with Gasteiger partial charge in [0.15, 0.2) is 11.5 Å². The van der Waals surface area contributed by atoms with Crippen LogP contribution >= 0.6 is 11.6 Å². The van der Waals surface area contributed by atoms with Crippen LogP contribution in [0.2, 0.25) is 5.02 Å². The molecule has 2 N–H and O–H groups in total. The molecular formula is C19H22ClN5O3. The number of nitrogens with zero attached hydrogens (tertiary/aromatic N) is 3. The van der Waals surface area contributed by atoms with Gasteiger partial charge in [-0.3, -0.25) is 14.7 Å². The predicted molar refractivity (Wildman–Crippen MR) is 106 cm³/mol. The number of hydrogen-bond acceptors (Lipinski definition) is 5. The second-order valence-corrected chi connectivity index (χ2v) is 7.82. The summed E-state index contributed by atoms with van der Waals surface area (Å²) in [6.45, 7) is 7.51. The Morgan fingerprint density at radius 1 is 1.32 bits per heavy atom. The van der Waals surface area contributed by atoms with E-state index in [1.165, 1.54) is 6.92 Å². The normalized spacial score (nSPS) is 11.6. The number of nitrogens with one attached hydrogen (secondary N) is 2. The van der Waals surface area contributed by atoms with Gasteiger partial charge < -0.3 is 10.1 Å². The minimum Gasteiger partial charge on any atom is -0.465 e. The maximum absolute atomic E-state index is 12.0. The quantitative estimate of drug-likeness (QED) is 0.634. The molecule has 2 aromatic heterocycles. The van der Waals surface area contributed by atoms with Crippen molar-refractivity contribution in [2.45, 2.75) is 39.5 Å². The van der Waals surface area contributed by atoms with Gasteiger partial charge in [0.05, 0.1) is 12.1 Å². The fourth-order valence-electron chi connectivity index (χ4n) is 2.67. The van der Waals surface area contributed by atoms with E-state index in [1.807, 2.05) is 6.07 Å². The fourth-order valence-corrected chi connectivity index (χ4v) is 3.11. The number of carbonyl (C=O) groups is 2. The van der Waals surface area contributed by atoms with Gasteiger partial charge >= 0.3 is 5.97 Å². The van der Waals surface area contributed by atoms with Crippen LogP contribution < -0.4 is 5.32 Å². The molecule has 0 aliphatic rings. The number of halogens is 1. The van der Waals surface area contributed by atoms with Crippen LogP contribution in [0.5, 0.6) is 0 Å². The molecule has 2 heterocycles. The summed E-state index contributed by atoms with van der Waals surface area (Å²) in [6, 6.07) is 7.19. The van der Waals surface area contributed by atoms with Gasteiger partial charge in [-0.2, -0.15) is 4.63 Å². The molecule has 0 aliphatic heterocycles. The zero-order chi connectivity index (χ0) is 20.5. The minimum atomic E-state index is -0.412. The van der Waals surface area contributed by atoms with Gasteiger partial charge in [0, 0.05) is 23.6 Å². The van der Waals surface area contributed by atoms with Crippen molar-refractivity contribution in [3.05, 3.63) is 35.0 Å². The maximum atomic E-state index is 12.0. The molecule has 0 saturated carbocycles. The monoisotopic (exact) mass is 403 g/mol. The van der Waals surface area contributed by atoms with E-state index in [-0.39, 0.29) is 24.3 Å². The zero-order valence-corrected chi connectivity index (χ0v) is 16.9. The van der Waals surface area contributed by atoms with E-state index in [2.05, 4.69) is 41.3 Å². The average Bonchev–Trinajstić information content (AvgIpc) is 3.14. The third-order valence-electron chi connectivity index (χ3n) is 4.03. The summed E-state index contributed by atoms with van der Waals surface area (Å²) in [6.07, 6.45) is 0.0841. The summed E-state index contributed by atoms with van der Waals surface area (Å²) in [4.78, 5) is 27.2. The third-order valence-corrected chi connectivity index (χ3v) is 4.39. The van der Waals surface area contributed by atoms with Gasteiger partial charge in [-0.15, -0.1) is 5.10 Å². The summed E-state index contributed by atoms with van der Waals surface area (Å²) in [7, 11) is 0. The first-order chi connectivity index (χ1) is 13.1. The van der Waals surface area contributed by atoms with Crippen LogP contribution in [0.15, 0.2) is 24.3 Å². The first kappa shape index (κ1) is 19.9. The molecule has 0 fully saturated rings. The lowest BCUT2D eigenvalue weighted by atomic mass is 9.92. The van der Waals surface area contributed by atoms with Crippen LogP contribution in [0.25, 0.3) is 17.0 Å². The molecule has 0 bridgehead atoms. The van der Waals surface area contributed by atoms with Crippen molar-refractivity contribution in [3.63, 3.8) is 0 Å². The molecule has 3 aromatic rings. The van der Waals surface area contributed by atoms with Crippen LogP contribution in [0.3, 0.4) is 0 Å². The van der Waals surface area contributed by atoms with E-state index in [1.54, 1.807) is 22.8 Å². The third kappa shape index (κ3) is 4.33. The Balaban J connectivity index is 1.78. The van der Waals surface area contributed by atoms with E-state index in [0.717, 1.165) is 11.3 Å². The lowest BCUT2D eigenvalue weighted by Gasteiger charge is -2.16. The molecule has 148 valence electrons. The Hall–Kier alpha value is -2.87. The molecule has 0 radical (unpaired) electrons. The highest BCUT2D eigenvalue weighted by molar-refractivity contribution is 6.34. The molecule has 8 nitrogen and oxygen atoms in total. The predicted octanol–water partition coefficient (Wildman–Crippen LogP) is 3.57. The smallest absolute Gasteiger partial charge is 0.302 e. The van der Waals surface area contributed by atoms with Gasteiger partial charge in [-0.05, 0) is 12.1 Å². The van der Waals surface area contributed by atoms with Gasteiger partial charge in [0.2, 0.25) is 5.91 Å². The summed E-state index contributed by atoms with van der Waals surface area (Å²) in [5.41, 5.74) is 2.60. The molecule has 0 aliphatic carbocycles. The number of rotatable bonds is 5. The fraction of sp³-hybridized carbons (Fsp3) is 0.368. The van der Waals surface area contributed by atoms with E-state index < -0.39 is 5.97 Å². The Morgan fingerprint density at radius 3 is 2.71 bits per heavy atom. The summed E-state index contributed by atoms with van der Waals surface area (Å²) in [5, 5.41) is 10.9. The molecule has 28 heavy (non-hydrogen) atoms. The SMILES string of the molecule is CC(=O)OCCC(=O)Nc1cccc(-c2nc3c(Cl)c(C(C)(C)C)[nH]n3n2)c1. The maximum Gasteiger partial charge on any atom is 0.302 e. The number of fused-ring (bicyclic) bond motifs is 1. The van der Waals surface area contributed by atoms with Crippen LogP contribution in [0.1, 0.15) is 39.8 Å². The molecular weight excluding hydrogens is 382 g/mol. The Morgan fingerprint density at radius 2 is 2.07 bits per heavy atom. The molecule has 1 amide bonds. The molecule has 0 spiro atoms. The topological polar surface area (TPSA) is 101 Å². The second kappa shape index (κ2) is 7.63. The Labute approximate surface area is 167 Å². The summed E-state index contributed by atoms with van der Waals surface area (Å²) < 4.78 is 6.33. The summed E-state index contributed by atoms with van der Waals surface area (Å²) in [5.74, 6) is -0.171. The average molecular weight is 404 g/mol. The minimum absolute atomic E-state index is 0.0444. The highest BCUT2D eigenvalue weighted by atomic mass is 35.5. The highest BCUT2D eigenvalue weighted by Gasteiger charge is 2.24. The number of carbonyl (C=O) groups excluding carboxylic acids is 2. The number of benzene rings is 1. The van der Waals surface area contributed by atoms with Gasteiger partial charge in [0.25, 0.3) is 0 Å².